The van der Waals surface area contributed by atoms with Gasteiger partial charge >= 0.3 is 0 Å². The molecule has 0 spiro atoms. The van der Waals surface area contributed by atoms with E-state index >= 15 is 0 Å². The first-order valence-corrected chi connectivity index (χ1v) is 7.91. The second-order valence-corrected chi connectivity index (χ2v) is 5.55. The van der Waals surface area contributed by atoms with Crippen molar-refractivity contribution in [3.8, 4) is 5.75 Å². The molecule has 0 fully saturated rings. The number of rotatable bonds is 8. The first-order chi connectivity index (χ1) is 9.58. The quantitative estimate of drug-likeness (QED) is 0.680. The summed E-state index contributed by atoms with van der Waals surface area (Å²) in [6, 6.07) is 0.558. The largest absolute Gasteiger partial charge is 0.496 e. The average Bonchev–Trinajstić information content (AvgIpc) is 2.44. The minimum atomic E-state index is 0.558. The van der Waals surface area contributed by atoms with E-state index in [9.17, 15) is 0 Å². The third-order valence-electron chi connectivity index (χ3n) is 3.93. The normalized spacial score (nSPS) is 11.4. The van der Waals surface area contributed by atoms with E-state index in [2.05, 4.69) is 30.7 Å². The number of hydrogen-bond donors (Lipinski definition) is 0. The van der Waals surface area contributed by atoms with Crippen molar-refractivity contribution < 1.29 is 4.74 Å². The van der Waals surface area contributed by atoms with Crippen molar-refractivity contribution in [1.82, 2.24) is 9.88 Å². The Labute approximate surface area is 128 Å². The van der Waals surface area contributed by atoms with Crippen LogP contribution in [0, 0.1) is 13.8 Å². The highest BCUT2D eigenvalue weighted by molar-refractivity contribution is 6.18. The van der Waals surface area contributed by atoms with Gasteiger partial charge in [-0.25, -0.2) is 0 Å². The molecule has 0 radical (unpaired) electrons. The van der Waals surface area contributed by atoms with E-state index in [1.54, 1.807) is 7.11 Å². The zero-order valence-corrected chi connectivity index (χ0v) is 14.1. The second-order valence-electron chi connectivity index (χ2n) is 5.18. The Morgan fingerprint density at radius 2 is 1.95 bits per heavy atom. The zero-order chi connectivity index (χ0) is 15.1. The van der Waals surface area contributed by atoms with E-state index in [0.29, 0.717) is 11.9 Å². The smallest absolute Gasteiger partial charge is 0.128 e. The summed E-state index contributed by atoms with van der Waals surface area (Å²) in [5.41, 5.74) is 3.31. The van der Waals surface area contributed by atoms with Crippen LogP contribution in [-0.2, 0) is 6.54 Å². The molecule has 0 aromatic carbocycles. The van der Waals surface area contributed by atoms with Gasteiger partial charge in [0.05, 0.1) is 12.8 Å². The highest BCUT2D eigenvalue weighted by atomic mass is 35.5. The van der Waals surface area contributed by atoms with Gasteiger partial charge in [0.1, 0.15) is 5.75 Å². The molecule has 0 saturated carbocycles. The van der Waals surface area contributed by atoms with E-state index in [0.717, 1.165) is 48.5 Å². The standard InChI is InChI=1S/C16H27ClN2O/c1-6-14(7-2)19(9-8-17)11-15-13(4)16(20-5)12(3)10-18-15/h10,14H,6-9,11H2,1-5H3. The Kier molecular flexibility index (Phi) is 7.31. The fourth-order valence-corrected chi connectivity index (χ4v) is 2.94. The van der Waals surface area contributed by atoms with Crippen LogP contribution in [0.5, 0.6) is 5.75 Å². The molecule has 1 aromatic heterocycles. The molecule has 20 heavy (non-hydrogen) atoms. The van der Waals surface area contributed by atoms with E-state index in [-0.39, 0.29) is 0 Å². The fraction of sp³-hybridized carbons (Fsp3) is 0.688. The number of halogens is 1. The topological polar surface area (TPSA) is 25.4 Å². The molecule has 0 amide bonds. The number of methoxy groups -OCH3 is 1. The first kappa shape index (κ1) is 17.3. The lowest BCUT2D eigenvalue weighted by Gasteiger charge is -2.30. The first-order valence-electron chi connectivity index (χ1n) is 7.38. The van der Waals surface area contributed by atoms with Gasteiger partial charge in [0.15, 0.2) is 0 Å². The second kappa shape index (κ2) is 8.48. The molecule has 1 aromatic rings. The lowest BCUT2D eigenvalue weighted by Crippen LogP contribution is -2.36. The van der Waals surface area contributed by atoms with Gasteiger partial charge < -0.3 is 4.74 Å². The van der Waals surface area contributed by atoms with Crippen LogP contribution in [0.3, 0.4) is 0 Å². The van der Waals surface area contributed by atoms with E-state index < -0.39 is 0 Å². The van der Waals surface area contributed by atoms with Crippen molar-refractivity contribution >= 4 is 11.6 Å². The molecule has 0 N–H and O–H groups in total. The van der Waals surface area contributed by atoms with Crippen LogP contribution in [0.4, 0.5) is 0 Å². The summed E-state index contributed by atoms with van der Waals surface area (Å²) in [5, 5.41) is 0. The van der Waals surface area contributed by atoms with Gasteiger partial charge in [0, 0.05) is 42.3 Å². The van der Waals surface area contributed by atoms with Crippen LogP contribution < -0.4 is 4.74 Å². The van der Waals surface area contributed by atoms with Gasteiger partial charge in [-0.3, -0.25) is 9.88 Å². The molecule has 0 saturated heterocycles. The predicted octanol–water partition coefficient (Wildman–Crippen LogP) is 3.94. The van der Waals surface area contributed by atoms with Gasteiger partial charge in [-0.2, -0.15) is 0 Å². The maximum absolute atomic E-state index is 5.96. The molecule has 0 aliphatic heterocycles. The lowest BCUT2D eigenvalue weighted by molar-refractivity contribution is 0.185. The number of alkyl halides is 1. The summed E-state index contributed by atoms with van der Waals surface area (Å²) in [6.45, 7) is 10.3. The molecule has 1 rings (SSSR count). The SMILES string of the molecule is CCC(CC)N(CCCl)Cc1ncc(C)c(OC)c1C. The van der Waals surface area contributed by atoms with E-state index in [1.807, 2.05) is 13.1 Å². The number of aromatic nitrogens is 1. The minimum absolute atomic E-state index is 0.558. The summed E-state index contributed by atoms with van der Waals surface area (Å²) in [4.78, 5) is 7.02. The van der Waals surface area contributed by atoms with Gasteiger partial charge in [-0.05, 0) is 26.7 Å². The van der Waals surface area contributed by atoms with Crippen LogP contribution >= 0.6 is 11.6 Å². The fourth-order valence-electron chi connectivity index (χ4n) is 2.73. The predicted molar refractivity (Wildman–Crippen MR) is 85.8 cm³/mol. The van der Waals surface area contributed by atoms with Crippen LogP contribution in [0.2, 0.25) is 0 Å². The molecule has 0 atom stereocenters. The zero-order valence-electron chi connectivity index (χ0n) is 13.4. The molecule has 4 heteroatoms. The van der Waals surface area contributed by atoms with Crippen molar-refractivity contribution in [2.75, 3.05) is 19.5 Å². The Balaban J connectivity index is 2.99. The average molecular weight is 299 g/mol. The minimum Gasteiger partial charge on any atom is -0.496 e. The highest BCUT2D eigenvalue weighted by Crippen LogP contribution is 2.25. The van der Waals surface area contributed by atoms with Gasteiger partial charge in [0.2, 0.25) is 0 Å². The van der Waals surface area contributed by atoms with Crippen molar-refractivity contribution in [3.63, 3.8) is 0 Å². The van der Waals surface area contributed by atoms with Crippen molar-refractivity contribution in [2.45, 2.75) is 53.1 Å². The number of aryl methyl sites for hydroxylation is 1. The van der Waals surface area contributed by atoms with Crippen LogP contribution in [0.1, 0.15) is 43.5 Å². The van der Waals surface area contributed by atoms with Crippen molar-refractivity contribution in [2.24, 2.45) is 0 Å². The van der Waals surface area contributed by atoms with E-state index in [4.69, 9.17) is 16.3 Å². The molecule has 0 bridgehead atoms. The van der Waals surface area contributed by atoms with Crippen LogP contribution in [0.25, 0.3) is 0 Å². The number of ether oxygens (including phenoxy) is 1. The van der Waals surface area contributed by atoms with Gasteiger partial charge in [0.25, 0.3) is 0 Å². The van der Waals surface area contributed by atoms with Gasteiger partial charge in [-0.15, -0.1) is 11.6 Å². The van der Waals surface area contributed by atoms with Crippen LogP contribution in [-0.4, -0.2) is 35.5 Å². The molecule has 0 aliphatic rings. The summed E-state index contributed by atoms with van der Waals surface area (Å²) in [7, 11) is 1.72. The number of nitrogens with zero attached hydrogens (tertiary/aromatic N) is 2. The molecular weight excluding hydrogens is 272 g/mol. The Morgan fingerprint density at radius 1 is 1.30 bits per heavy atom. The summed E-state index contributed by atoms with van der Waals surface area (Å²) >= 11 is 5.96. The van der Waals surface area contributed by atoms with Crippen LogP contribution in [0.15, 0.2) is 6.20 Å². The Morgan fingerprint density at radius 3 is 2.45 bits per heavy atom. The molecule has 0 unspecified atom stereocenters. The third kappa shape index (κ3) is 4.10. The summed E-state index contributed by atoms with van der Waals surface area (Å²) < 4.78 is 5.49. The van der Waals surface area contributed by atoms with E-state index in [1.165, 1.54) is 0 Å². The molecule has 1 heterocycles. The summed E-state index contributed by atoms with van der Waals surface area (Å²) in [6.07, 6.45) is 4.16. The summed E-state index contributed by atoms with van der Waals surface area (Å²) in [5.74, 6) is 1.60. The third-order valence-corrected chi connectivity index (χ3v) is 4.10. The maximum atomic E-state index is 5.96. The monoisotopic (exact) mass is 298 g/mol. The highest BCUT2D eigenvalue weighted by Gasteiger charge is 2.18. The van der Waals surface area contributed by atoms with Crippen molar-refractivity contribution in [1.29, 1.82) is 0 Å². The number of hydrogen-bond acceptors (Lipinski definition) is 3. The number of pyridine rings is 1. The molecule has 3 nitrogen and oxygen atoms in total. The molecule has 114 valence electrons. The van der Waals surface area contributed by atoms with Crippen molar-refractivity contribution in [3.05, 3.63) is 23.0 Å². The Hall–Kier alpha value is -0.800. The lowest BCUT2D eigenvalue weighted by atomic mass is 10.1. The molecule has 0 aliphatic carbocycles. The van der Waals surface area contributed by atoms with Gasteiger partial charge in [-0.1, -0.05) is 13.8 Å². The Bertz CT molecular complexity index is 419. The molecular formula is C16H27ClN2O. The maximum Gasteiger partial charge on any atom is 0.128 e.